The van der Waals surface area contributed by atoms with Crippen LogP contribution in [0.5, 0.6) is 0 Å². The Morgan fingerprint density at radius 2 is 1.67 bits per heavy atom. The van der Waals surface area contributed by atoms with Crippen molar-refractivity contribution in [3.63, 3.8) is 0 Å². The van der Waals surface area contributed by atoms with Crippen molar-refractivity contribution in [3.8, 4) is 0 Å². The minimum Gasteiger partial charge on any atom is -0.126 e. The highest BCUT2D eigenvalue weighted by molar-refractivity contribution is 6.18. The number of rotatable bonds is 1. The molecule has 0 aromatic rings. The Morgan fingerprint density at radius 1 is 1.11 bits per heavy atom. The van der Waals surface area contributed by atoms with Crippen LogP contribution >= 0.6 is 11.6 Å². The smallest absolute Gasteiger partial charge is 0.0257 e. The van der Waals surface area contributed by atoms with Gasteiger partial charge in [-0.2, -0.15) is 0 Å². The van der Waals surface area contributed by atoms with Crippen LogP contribution in [-0.2, 0) is 0 Å². The van der Waals surface area contributed by atoms with Crippen LogP contribution in [0, 0.1) is 17.8 Å². The maximum Gasteiger partial charge on any atom is 0.0257 e. The van der Waals surface area contributed by atoms with Crippen LogP contribution in [0.25, 0.3) is 0 Å². The van der Waals surface area contributed by atoms with Crippen molar-refractivity contribution in [1.82, 2.24) is 0 Å². The van der Waals surface area contributed by atoms with E-state index in [2.05, 4.69) is 0 Å². The summed E-state index contributed by atoms with van der Waals surface area (Å²) < 4.78 is 0. The fourth-order valence-corrected chi connectivity index (χ4v) is 2.83. The van der Waals surface area contributed by atoms with Gasteiger partial charge in [0.05, 0.1) is 0 Å². The normalized spacial score (nSPS) is 48.3. The Hall–Kier alpha value is 0.290. The molecule has 0 spiro atoms. The predicted molar refractivity (Wildman–Crippen MR) is 39.7 cm³/mol. The highest BCUT2D eigenvalue weighted by Crippen LogP contribution is 2.55. The molecule has 1 heteroatoms. The lowest BCUT2D eigenvalue weighted by Gasteiger charge is -2.04. The van der Waals surface area contributed by atoms with Gasteiger partial charge in [-0.3, -0.25) is 0 Å². The van der Waals surface area contributed by atoms with Crippen molar-refractivity contribution in [1.29, 1.82) is 0 Å². The van der Waals surface area contributed by atoms with Gasteiger partial charge in [0.2, 0.25) is 0 Å². The molecule has 52 valence electrons. The molecule has 2 saturated carbocycles. The van der Waals surface area contributed by atoms with E-state index in [1.165, 1.54) is 25.7 Å². The van der Waals surface area contributed by atoms with E-state index in [0.29, 0.717) is 0 Å². The molecule has 2 unspecified atom stereocenters. The molecule has 0 aromatic heterocycles. The molecular weight excluding hydrogens is 132 g/mol. The number of fused-ring (bicyclic) bond motifs is 1. The molecule has 0 amide bonds. The molecule has 0 aliphatic heterocycles. The molecule has 0 bridgehead atoms. The van der Waals surface area contributed by atoms with E-state index in [4.69, 9.17) is 11.6 Å². The largest absolute Gasteiger partial charge is 0.126 e. The number of hydrogen-bond donors (Lipinski definition) is 0. The second kappa shape index (κ2) is 2.16. The van der Waals surface area contributed by atoms with Crippen molar-refractivity contribution in [2.45, 2.75) is 25.7 Å². The van der Waals surface area contributed by atoms with Crippen LogP contribution in [-0.4, -0.2) is 5.88 Å². The van der Waals surface area contributed by atoms with Crippen LogP contribution < -0.4 is 0 Å². The molecule has 0 N–H and O–H groups in total. The van der Waals surface area contributed by atoms with Crippen LogP contribution in [0.1, 0.15) is 25.7 Å². The third kappa shape index (κ3) is 0.881. The molecule has 2 aliphatic carbocycles. The van der Waals surface area contributed by atoms with Gasteiger partial charge in [-0.05, 0) is 30.6 Å². The summed E-state index contributed by atoms with van der Waals surface area (Å²) >= 11 is 5.77. The van der Waals surface area contributed by atoms with E-state index in [1.54, 1.807) is 0 Å². The van der Waals surface area contributed by atoms with Crippen molar-refractivity contribution < 1.29 is 0 Å². The summed E-state index contributed by atoms with van der Waals surface area (Å²) in [6.07, 6.45) is 5.88. The second-order valence-corrected chi connectivity index (χ2v) is 3.74. The first kappa shape index (κ1) is 6.03. The number of alkyl halides is 1. The Bertz CT molecular complexity index is 92.4. The van der Waals surface area contributed by atoms with Gasteiger partial charge >= 0.3 is 0 Å². The van der Waals surface area contributed by atoms with Crippen LogP contribution in [0.2, 0.25) is 0 Å². The monoisotopic (exact) mass is 144 g/mol. The van der Waals surface area contributed by atoms with Gasteiger partial charge < -0.3 is 0 Å². The average Bonchev–Trinajstić information content (AvgIpc) is 2.60. The molecule has 0 saturated heterocycles. The zero-order valence-electron chi connectivity index (χ0n) is 5.65. The van der Waals surface area contributed by atoms with Crippen molar-refractivity contribution in [2.24, 2.45) is 17.8 Å². The number of hydrogen-bond acceptors (Lipinski definition) is 0. The molecule has 2 atom stereocenters. The summed E-state index contributed by atoms with van der Waals surface area (Å²) in [5, 5.41) is 0. The summed E-state index contributed by atoms with van der Waals surface area (Å²) in [5.74, 6) is 3.96. The lowest BCUT2D eigenvalue weighted by molar-refractivity contribution is 0.480. The van der Waals surface area contributed by atoms with Crippen LogP contribution in [0.15, 0.2) is 0 Å². The molecular formula is C8H13Cl. The zero-order valence-corrected chi connectivity index (χ0v) is 6.40. The van der Waals surface area contributed by atoms with Crippen LogP contribution in [0.4, 0.5) is 0 Å². The van der Waals surface area contributed by atoms with E-state index < -0.39 is 0 Å². The SMILES string of the molecule is ClCC1C2CCCCC12. The molecule has 2 rings (SSSR count). The first-order valence-electron chi connectivity index (χ1n) is 3.99. The summed E-state index contributed by atoms with van der Waals surface area (Å²) in [4.78, 5) is 0. The lowest BCUT2D eigenvalue weighted by atomic mass is 10.0. The lowest BCUT2D eigenvalue weighted by Crippen LogP contribution is -1.91. The van der Waals surface area contributed by atoms with Crippen molar-refractivity contribution in [3.05, 3.63) is 0 Å². The fourth-order valence-electron chi connectivity index (χ4n) is 2.37. The van der Waals surface area contributed by atoms with Crippen molar-refractivity contribution in [2.75, 3.05) is 5.88 Å². The van der Waals surface area contributed by atoms with Crippen LogP contribution in [0.3, 0.4) is 0 Å². The molecule has 0 aromatic carbocycles. The van der Waals surface area contributed by atoms with Gasteiger partial charge in [0.1, 0.15) is 0 Å². The van der Waals surface area contributed by atoms with Gasteiger partial charge in [-0.15, -0.1) is 11.6 Å². The van der Waals surface area contributed by atoms with E-state index >= 15 is 0 Å². The van der Waals surface area contributed by atoms with Gasteiger partial charge in [0.15, 0.2) is 0 Å². The molecule has 0 heterocycles. The molecule has 9 heavy (non-hydrogen) atoms. The predicted octanol–water partition coefficient (Wildman–Crippen LogP) is 2.66. The molecule has 2 fully saturated rings. The van der Waals surface area contributed by atoms with Crippen molar-refractivity contribution >= 4 is 11.6 Å². The molecule has 0 nitrogen and oxygen atoms in total. The average molecular weight is 145 g/mol. The van der Waals surface area contributed by atoms with E-state index in [-0.39, 0.29) is 0 Å². The maximum atomic E-state index is 5.77. The first-order valence-corrected chi connectivity index (χ1v) is 4.53. The quantitative estimate of drug-likeness (QED) is 0.497. The summed E-state index contributed by atoms with van der Waals surface area (Å²) in [7, 11) is 0. The Balaban J connectivity index is 1.91. The minimum atomic E-state index is 0.925. The Morgan fingerprint density at radius 3 is 2.11 bits per heavy atom. The molecule has 0 radical (unpaired) electrons. The van der Waals surface area contributed by atoms with Gasteiger partial charge in [0.25, 0.3) is 0 Å². The van der Waals surface area contributed by atoms with E-state index in [1.807, 2.05) is 0 Å². The van der Waals surface area contributed by atoms with E-state index in [9.17, 15) is 0 Å². The second-order valence-electron chi connectivity index (χ2n) is 3.43. The topological polar surface area (TPSA) is 0 Å². The Kier molecular flexibility index (Phi) is 1.45. The number of halogens is 1. The standard InChI is InChI=1S/C8H13Cl/c9-5-8-6-3-1-2-4-7(6)8/h6-8H,1-5H2. The third-order valence-electron chi connectivity index (χ3n) is 3.01. The van der Waals surface area contributed by atoms with Gasteiger partial charge in [0, 0.05) is 5.88 Å². The Labute approximate surface area is 61.6 Å². The first-order chi connectivity index (χ1) is 4.43. The maximum absolute atomic E-state index is 5.77. The third-order valence-corrected chi connectivity index (χ3v) is 3.37. The summed E-state index contributed by atoms with van der Waals surface area (Å²) in [5.41, 5.74) is 0. The van der Waals surface area contributed by atoms with Gasteiger partial charge in [-0.25, -0.2) is 0 Å². The highest BCUT2D eigenvalue weighted by atomic mass is 35.5. The fraction of sp³-hybridized carbons (Fsp3) is 1.00. The summed E-state index contributed by atoms with van der Waals surface area (Å²) in [6.45, 7) is 0. The van der Waals surface area contributed by atoms with E-state index in [0.717, 1.165) is 23.6 Å². The zero-order chi connectivity index (χ0) is 6.27. The minimum absolute atomic E-state index is 0.925. The summed E-state index contributed by atoms with van der Waals surface area (Å²) in [6, 6.07) is 0. The van der Waals surface area contributed by atoms with Gasteiger partial charge in [-0.1, -0.05) is 12.8 Å². The highest BCUT2D eigenvalue weighted by Gasteiger charge is 2.49. The molecule has 2 aliphatic rings.